The third-order valence-corrected chi connectivity index (χ3v) is 5.90. The van der Waals surface area contributed by atoms with Crippen molar-refractivity contribution in [3.8, 4) is 6.07 Å². The average Bonchev–Trinajstić information content (AvgIpc) is 3.14. The molecule has 130 valence electrons. The van der Waals surface area contributed by atoms with Crippen LogP contribution in [0.2, 0.25) is 0 Å². The van der Waals surface area contributed by atoms with Crippen molar-refractivity contribution in [3.05, 3.63) is 40.8 Å². The highest BCUT2D eigenvalue weighted by atomic mass is 32.2. The molecule has 0 aromatic carbocycles. The van der Waals surface area contributed by atoms with Crippen LogP contribution in [0.4, 0.5) is 0 Å². The average molecular weight is 355 g/mol. The number of pyridine rings is 1. The lowest BCUT2D eigenvalue weighted by atomic mass is 9.84. The van der Waals surface area contributed by atoms with Crippen LogP contribution in [0.5, 0.6) is 0 Å². The molecule has 1 N–H and O–H groups in total. The topological polar surface area (TPSA) is 77.8 Å². The Kier molecular flexibility index (Phi) is 4.50. The predicted molar refractivity (Wildman–Crippen MR) is 95.2 cm³/mol. The van der Waals surface area contributed by atoms with Gasteiger partial charge in [0.05, 0.1) is 29.8 Å². The van der Waals surface area contributed by atoms with Gasteiger partial charge in [0, 0.05) is 19.6 Å². The highest BCUT2D eigenvalue weighted by Gasteiger charge is 2.42. The van der Waals surface area contributed by atoms with Crippen molar-refractivity contribution in [1.29, 1.82) is 5.26 Å². The Labute approximate surface area is 151 Å². The van der Waals surface area contributed by atoms with Gasteiger partial charge in [0.2, 0.25) is 0 Å². The Balaban J connectivity index is 1.45. The van der Waals surface area contributed by atoms with E-state index in [-0.39, 0.29) is 5.60 Å². The molecule has 1 saturated heterocycles. The summed E-state index contributed by atoms with van der Waals surface area (Å²) in [4.78, 5) is 7.05. The lowest BCUT2D eigenvalue weighted by Crippen LogP contribution is -2.46. The fourth-order valence-corrected chi connectivity index (χ4v) is 4.37. The Morgan fingerprint density at radius 3 is 3.00 bits per heavy atom. The van der Waals surface area contributed by atoms with Gasteiger partial charge in [-0.1, -0.05) is 0 Å². The van der Waals surface area contributed by atoms with E-state index >= 15 is 0 Å². The molecule has 4 heterocycles. The van der Waals surface area contributed by atoms with Crippen LogP contribution in [0, 0.1) is 11.3 Å². The van der Waals surface area contributed by atoms with Crippen LogP contribution < -0.4 is 0 Å². The number of piperidine rings is 1. The van der Waals surface area contributed by atoms with Crippen molar-refractivity contribution in [2.75, 3.05) is 26.0 Å². The zero-order valence-electron chi connectivity index (χ0n) is 14.3. The molecule has 6 nitrogen and oxygen atoms in total. The van der Waals surface area contributed by atoms with E-state index in [9.17, 15) is 0 Å². The van der Waals surface area contributed by atoms with Gasteiger partial charge in [-0.05, 0) is 43.2 Å². The van der Waals surface area contributed by atoms with Crippen LogP contribution in [-0.2, 0) is 23.3 Å². The third-order valence-electron chi connectivity index (χ3n) is 5.20. The molecule has 2 aliphatic heterocycles. The number of aromatic nitrogens is 3. The number of hydrogen-bond acceptors (Lipinski definition) is 6. The van der Waals surface area contributed by atoms with E-state index in [4.69, 9.17) is 10.00 Å². The molecule has 2 aliphatic rings. The number of aromatic amines is 1. The molecule has 4 rings (SSSR count). The second-order valence-electron chi connectivity index (χ2n) is 6.61. The molecule has 2 aromatic rings. The monoisotopic (exact) mass is 355 g/mol. The maximum absolute atomic E-state index is 9.13. The van der Waals surface area contributed by atoms with Gasteiger partial charge in [0.1, 0.15) is 16.7 Å². The fourth-order valence-electron chi connectivity index (χ4n) is 3.83. The predicted octanol–water partition coefficient (Wildman–Crippen LogP) is 2.46. The molecule has 25 heavy (non-hydrogen) atoms. The van der Waals surface area contributed by atoms with Crippen LogP contribution in [-0.4, -0.2) is 46.0 Å². The van der Waals surface area contributed by atoms with Crippen LogP contribution in [0.25, 0.3) is 0 Å². The van der Waals surface area contributed by atoms with E-state index in [1.54, 1.807) is 0 Å². The second-order valence-corrected chi connectivity index (χ2v) is 7.41. The Hall–Kier alpha value is -1.88. The molecule has 0 radical (unpaired) electrons. The summed E-state index contributed by atoms with van der Waals surface area (Å²) in [6, 6.07) is 6.04. The van der Waals surface area contributed by atoms with Crippen molar-refractivity contribution < 1.29 is 4.74 Å². The van der Waals surface area contributed by atoms with Gasteiger partial charge in [-0.2, -0.15) is 10.4 Å². The Bertz CT molecular complexity index is 804. The van der Waals surface area contributed by atoms with Gasteiger partial charge in [0.25, 0.3) is 0 Å². The summed E-state index contributed by atoms with van der Waals surface area (Å²) in [5, 5.41) is 17.3. The second kappa shape index (κ2) is 6.79. The van der Waals surface area contributed by atoms with Crippen LogP contribution in [0.3, 0.4) is 0 Å². The molecule has 0 amide bonds. The number of hydrogen-bond donors (Lipinski definition) is 1. The first-order valence-corrected chi connectivity index (χ1v) is 9.79. The van der Waals surface area contributed by atoms with E-state index in [0.29, 0.717) is 5.56 Å². The quantitative estimate of drug-likeness (QED) is 0.852. The molecule has 7 heteroatoms. The SMILES string of the molecule is CSc1nc(CN2CCC3(CC2)OCCc2cn[nH]c23)ccc1C#N. The smallest absolute Gasteiger partial charge is 0.114 e. The summed E-state index contributed by atoms with van der Waals surface area (Å²) in [6.45, 7) is 3.52. The van der Waals surface area contributed by atoms with E-state index in [1.165, 1.54) is 23.0 Å². The third kappa shape index (κ3) is 3.06. The molecule has 0 unspecified atom stereocenters. The van der Waals surface area contributed by atoms with Crippen molar-refractivity contribution >= 4 is 11.8 Å². The number of H-pyrrole nitrogens is 1. The molecular weight excluding hydrogens is 334 g/mol. The van der Waals surface area contributed by atoms with Crippen molar-refractivity contribution in [1.82, 2.24) is 20.1 Å². The summed E-state index contributed by atoms with van der Waals surface area (Å²) in [7, 11) is 0. The lowest BCUT2D eigenvalue weighted by Gasteiger charge is -2.43. The fraction of sp³-hybridized carbons (Fsp3) is 0.500. The zero-order chi connectivity index (χ0) is 17.3. The van der Waals surface area contributed by atoms with E-state index < -0.39 is 0 Å². The van der Waals surface area contributed by atoms with Gasteiger partial charge in [-0.25, -0.2) is 4.98 Å². The number of nitrogens with zero attached hydrogens (tertiary/aromatic N) is 4. The molecule has 1 fully saturated rings. The van der Waals surface area contributed by atoms with E-state index in [1.807, 2.05) is 24.6 Å². The van der Waals surface area contributed by atoms with Gasteiger partial charge in [-0.3, -0.25) is 10.00 Å². The normalized spacial score (nSPS) is 19.5. The van der Waals surface area contributed by atoms with Gasteiger partial charge in [-0.15, -0.1) is 11.8 Å². The summed E-state index contributed by atoms with van der Waals surface area (Å²) in [5.41, 5.74) is 3.96. The van der Waals surface area contributed by atoms with Crippen LogP contribution >= 0.6 is 11.8 Å². The number of likely N-dealkylation sites (tertiary alicyclic amines) is 1. The van der Waals surface area contributed by atoms with Gasteiger partial charge >= 0.3 is 0 Å². The lowest BCUT2D eigenvalue weighted by molar-refractivity contribution is -0.102. The zero-order valence-corrected chi connectivity index (χ0v) is 15.1. The molecule has 0 aliphatic carbocycles. The largest absolute Gasteiger partial charge is 0.368 e. The van der Waals surface area contributed by atoms with Crippen LogP contribution in [0.1, 0.15) is 35.4 Å². The number of fused-ring (bicyclic) bond motifs is 2. The maximum Gasteiger partial charge on any atom is 0.114 e. The summed E-state index contributed by atoms with van der Waals surface area (Å²) in [6.07, 6.45) is 6.78. The summed E-state index contributed by atoms with van der Waals surface area (Å²) >= 11 is 1.52. The highest BCUT2D eigenvalue weighted by molar-refractivity contribution is 7.98. The minimum Gasteiger partial charge on any atom is -0.368 e. The molecular formula is C18H21N5OS. The number of rotatable bonds is 3. The highest BCUT2D eigenvalue weighted by Crippen LogP contribution is 2.40. The number of nitriles is 1. The Morgan fingerprint density at radius 2 is 2.24 bits per heavy atom. The number of thioether (sulfide) groups is 1. The molecule has 0 saturated carbocycles. The van der Waals surface area contributed by atoms with Crippen molar-refractivity contribution in [3.63, 3.8) is 0 Å². The molecule has 1 spiro atoms. The number of nitrogens with one attached hydrogen (secondary N) is 1. The van der Waals surface area contributed by atoms with Crippen LogP contribution in [0.15, 0.2) is 23.4 Å². The van der Waals surface area contributed by atoms with Gasteiger partial charge in [0.15, 0.2) is 0 Å². The first kappa shape index (κ1) is 16.6. The van der Waals surface area contributed by atoms with E-state index in [0.717, 1.165) is 56.2 Å². The summed E-state index contributed by atoms with van der Waals surface area (Å²) in [5.74, 6) is 0. The van der Waals surface area contributed by atoms with Crippen molar-refractivity contribution in [2.45, 2.75) is 36.4 Å². The molecule has 2 aromatic heterocycles. The minimum atomic E-state index is -0.191. The minimum absolute atomic E-state index is 0.191. The first-order chi connectivity index (χ1) is 12.2. The molecule has 0 atom stereocenters. The first-order valence-electron chi connectivity index (χ1n) is 8.57. The maximum atomic E-state index is 9.13. The Morgan fingerprint density at radius 1 is 1.40 bits per heavy atom. The standard InChI is InChI=1S/C18H21N5OS/c1-25-17-13(10-19)2-3-15(21-17)12-23-7-5-18(6-8-23)16-14(4-9-24-18)11-20-22-16/h2-3,11H,4-9,12H2,1H3,(H,20,22). The number of ether oxygens (including phenoxy) is 1. The summed E-state index contributed by atoms with van der Waals surface area (Å²) < 4.78 is 6.20. The molecule has 0 bridgehead atoms. The van der Waals surface area contributed by atoms with Gasteiger partial charge < -0.3 is 4.74 Å². The van der Waals surface area contributed by atoms with Crippen molar-refractivity contribution in [2.24, 2.45) is 0 Å². The van der Waals surface area contributed by atoms with E-state index in [2.05, 4.69) is 26.2 Å².